The molecule has 0 heterocycles. The van der Waals surface area contributed by atoms with Crippen LogP contribution in [0.5, 0.6) is 0 Å². The Morgan fingerprint density at radius 2 is 1.00 bits per heavy atom. The summed E-state index contributed by atoms with van der Waals surface area (Å²) in [5.41, 5.74) is 5.63. The third kappa shape index (κ3) is 48.6. The quantitative estimate of drug-likeness (QED) is 0.287. The molecule has 0 aromatic heterocycles. The van der Waals surface area contributed by atoms with Gasteiger partial charge in [-0.05, 0) is 12.8 Å². The van der Waals surface area contributed by atoms with E-state index in [9.17, 15) is 0 Å². The van der Waals surface area contributed by atoms with Gasteiger partial charge in [0.1, 0.15) is 0 Å². The highest BCUT2D eigenvalue weighted by Crippen LogP contribution is 2.26. The van der Waals surface area contributed by atoms with Crippen molar-refractivity contribution in [2.24, 2.45) is 5.73 Å². The number of nitrogens with two attached hydrogens (primary N) is 1. The van der Waals surface area contributed by atoms with E-state index in [0.717, 1.165) is 0 Å². The molecule has 0 spiro atoms. The fraction of sp³-hybridized carbons (Fsp3) is 1.00. The Morgan fingerprint density at radius 1 is 0.765 bits per heavy atom. The van der Waals surface area contributed by atoms with Crippen molar-refractivity contribution in [3.8, 4) is 0 Å². The second-order valence-electron chi connectivity index (χ2n) is 3.42. The average Bonchev–Trinajstić information content (AvgIpc) is 1.98. The molecule has 11 heteroatoms. The van der Waals surface area contributed by atoms with E-state index in [1.165, 1.54) is 32.1 Å². The Hall–Kier alpha value is 0.180. The molecule has 0 radical (unpaired) electrons. The van der Waals surface area contributed by atoms with E-state index in [-0.39, 0.29) is 0 Å². The Bertz CT molecular complexity index is 231. The predicted molar refractivity (Wildman–Crippen MR) is 59.6 cm³/mol. The Balaban J connectivity index is 0. The minimum atomic E-state index is -4.64. The maximum absolute atomic E-state index is 8.88. The molecule has 106 valence electrons. The fourth-order valence-electron chi connectivity index (χ4n) is 1.13. The lowest BCUT2D eigenvalue weighted by Crippen LogP contribution is -2.22. The van der Waals surface area contributed by atoms with Gasteiger partial charge >= 0.3 is 15.6 Å². The molecule has 0 aromatic carbocycles. The summed E-state index contributed by atoms with van der Waals surface area (Å²) in [5.74, 6) is 0. The molecule has 0 aromatic rings. The van der Waals surface area contributed by atoms with Crippen LogP contribution in [-0.2, 0) is 9.13 Å². The highest BCUT2D eigenvalue weighted by atomic mass is 31.2. The van der Waals surface area contributed by atoms with Crippen molar-refractivity contribution in [3.63, 3.8) is 0 Å². The van der Waals surface area contributed by atoms with Gasteiger partial charge in [0.2, 0.25) is 0 Å². The van der Waals surface area contributed by atoms with Crippen LogP contribution in [0.15, 0.2) is 0 Å². The summed E-state index contributed by atoms with van der Waals surface area (Å²) >= 11 is 0. The first kappa shape index (κ1) is 19.5. The lowest BCUT2D eigenvalue weighted by molar-refractivity contribution is 0.272. The molecular weight excluding hydrogens is 276 g/mol. The summed E-state index contributed by atoms with van der Waals surface area (Å²) in [6, 6.07) is 0.536. The number of hydrogen-bond donors (Lipinski definition) is 7. The van der Waals surface area contributed by atoms with Crippen LogP contribution in [0, 0.1) is 0 Å². The van der Waals surface area contributed by atoms with Crippen molar-refractivity contribution in [1.82, 2.24) is 0 Å². The first-order valence-electron chi connectivity index (χ1n) is 4.71. The van der Waals surface area contributed by atoms with Crippen LogP contribution >= 0.6 is 15.6 Å². The van der Waals surface area contributed by atoms with Crippen molar-refractivity contribution in [2.45, 2.75) is 38.1 Å². The molecular formula is C6H19NO8P2. The molecule has 9 nitrogen and oxygen atoms in total. The summed E-state index contributed by atoms with van der Waals surface area (Å²) in [7, 11) is -9.28. The lowest BCUT2D eigenvalue weighted by atomic mass is 9.97. The maximum Gasteiger partial charge on any atom is 0.466 e. The van der Waals surface area contributed by atoms with Crippen molar-refractivity contribution in [3.05, 3.63) is 0 Å². The van der Waals surface area contributed by atoms with Crippen molar-refractivity contribution in [1.29, 1.82) is 0 Å². The van der Waals surface area contributed by atoms with Crippen LogP contribution in [-0.4, -0.2) is 35.4 Å². The van der Waals surface area contributed by atoms with E-state index in [4.69, 9.17) is 44.2 Å². The molecule has 1 rings (SSSR count). The van der Waals surface area contributed by atoms with Gasteiger partial charge in [0.25, 0.3) is 0 Å². The normalized spacial score (nSPS) is 17.4. The van der Waals surface area contributed by atoms with Gasteiger partial charge in [-0.1, -0.05) is 19.3 Å². The monoisotopic (exact) mass is 295 g/mol. The minimum Gasteiger partial charge on any atom is -0.328 e. The molecule has 0 bridgehead atoms. The van der Waals surface area contributed by atoms with E-state index >= 15 is 0 Å². The van der Waals surface area contributed by atoms with Gasteiger partial charge in [-0.25, -0.2) is 9.13 Å². The predicted octanol–water partition coefficient (Wildman–Crippen LogP) is -0.579. The summed E-state index contributed by atoms with van der Waals surface area (Å²) < 4.78 is 17.8. The van der Waals surface area contributed by atoms with Crippen LogP contribution in [0.3, 0.4) is 0 Å². The molecule has 1 aliphatic rings. The highest BCUT2D eigenvalue weighted by Gasteiger charge is 2.06. The third-order valence-corrected chi connectivity index (χ3v) is 1.65. The van der Waals surface area contributed by atoms with Gasteiger partial charge in [0.05, 0.1) is 0 Å². The molecule has 0 saturated heterocycles. The van der Waals surface area contributed by atoms with Gasteiger partial charge in [-0.2, -0.15) is 0 Å². The van der Waals surface area contributed by atoms with Crippen molar-refractivity contribution < 1.29 is 38.5 Å². The van der Waals surface area contributed by atoms with E-state index < -0.39 is 15.6 Å². The molecule has 0 aliphatic heterocycles. The molecule has 0 amide bonds. The van der Waals surface area contributed by atoms with Crippen molar-refractivity contribution in [2.75, 3.05) is 0 Å². The molecule has 17 heavy (non-hydrogen) atoms. The summed E-state index contributed by atoms with van der Waals surface area (Å²) in [6.45, 7) is 0. The van der Waals surface area contributed by atoms with Crippen LogP contribution in [0.1, 0.15) is 32.1 Å². The second kappa shape index (κ2) is 9.16. The first-order chi connectivity index (χ1) is 7.39. The number of rotatable bonds is 0. The number of hydrogen-bond acceptors (Lipinski definition) is 3. The fourth-order valence-corrected chi connectivity index (χ4v) is 1.13. The van der Waals surface area contributed by atoms with Crippen LogP contribution < -0.4 is 5.73 Å². The zero-order chi connectivity index (χ0) is 14.1. The van der Waals surface area contributed by atoms with E-state index in [2.05, 4.69) is 0 Å². The SMILES string of the molecule is NC1CCCCC1.O=P(O)(O)O.O=P(O)(O)O. The standard InChI is InChI=1S/C6H13N.2H3O4P/c7-6-4-2-1-3-5-6;2*1-5(2,3)4/h6H,1-5,7H2;2*(H3,1,2,3,4). The minimum absolute atomic E-state index is 0.536. The van der Waals surface area contributed by atoms with E-state index in [0.29, 0.717) is 6.04 Å². The van der Waals surface area contributed by atoms with Gasteiger partial charge in [-0.3, -0.25) is 0 Å². The smallest absolute Gasteiger partial charge is 0.328 e. The molecule has 8 N–H and O–H groups in total. The van der Waals surface area contributed by atoms with Gasteiger partial charge in [0, 0.05) is 6.04 Å². The molecule has 0 atom stereocenters. The van der Waals surface area contributed by atoms with E-state index in [1.807, 2.05) is 0 Å². The Labute approximate surface area is 98.8 Å². The van der Waals surface area contributed by atoms with Crippen LogP contribution in [0.2, 0.25) is 0 Å². The topological polar surface area (TPSA) is 182 Å². The molecule has 1 aliphatic carbocycles. The van der Waals surface area contributed by atoms with Crippen LogP contribution in [0.25, 0.3) is 0 Å². The van der Waals surface area contributed by atoms with Gasteiger partial charge in [0.15, 0.2) is 0 Å². The summed E-state index contributed by atoms with van der Waals surface area (Å²) in [5, 5.41) is 0. The summed E-state index contributed by atoms with van der Waals surface area (Å²) in [4.78, 5) is 43.1. The second-order valence-corrected chi connectivity index (χ2v) is 5.48. The Morgan fingerprint density at radius 3 is 1.12 bits per heavy atom. The van der Waals surface area contributed by atoms with E-state index in [1.54, 1.807) is 0 Å². The summed E-state index contributed by atoms with van der Waals surface area (Å²) in [6.07, 6.45) is 6.66. The number of phosphoric acid groups is 2. The molecule has 0 unspecified atom stereocenters. The zero-order valence-electron chi connectivity index (χ0n) is 9.08. The van der Waals surface area contributed by atoms with Gasteiger partial charge in [-0.15, -0.1) is 0 Å². The van der Waals surface area contributed by atoms with Gasteiger partial charge < -0.3 is 35.1 Å². The van der Waals surface area contributed by atoms with Crippen molar-refractivity contribution >= 4 is 15.6 Å². The third-order valence-electron chi connectivity index (χ3n) is 1.65. The highest BCUT2D eigenvalue weighted by molar-refractivity contribution is 7.45. The first-order valence-corrected chi connectivity index (χ1v) is 7.85. The maximum atomic E-state index is 8.88. The zero-order valence-corrected chi connectivity index (χ0v) is 10.9. The largest absolute Gasteiger partial charge is 0.466 e. The van der Waals surface area contributed by atoms with Crippen LogP contribution in [0.4, 0.5) is 0 Å². The Kier molecular flexibility index (Phi) is 10.5. The lowest BCUT2D eigenvalue weighted by Gasteiger charge is -2.15. The molecule has 1 saturated carbocycles. The molecule has 1 fully saturated rings. The average molecular weight is 295 g/mol.